The highest BCUT2D eigenvalue weighted by Crippen LogP contribution is 2.27. The molecule has 0 aliphatic carbocycles. The Bertz CT molecular complexity index is 607. The number of likely N-dealkylation sites (tertiary alicyclic amines) is 1. The summed E-state index contributed by atoms with van der Waals surface area (Å²) in [6.45, 7) is 4.12. The average Bonchev–Trinajstić information content (AvgIpc) is 3.00. The number of anilines is 1. The fourth-order valence-corrected chi connectivity index (χ4v) is 3.07. The van der Waals surface area contributed by atoms with Gasteiger partial charge in [0, 0.05) is 24.7 Å². The number of hydrogen-bond acceptors (Lipinski definition) is 1. The van der Waals surface area contributed by atoms with E-state index < -0.39 is 0 Å². The molecule has 1 aliphatic rings. The Morgan fingerprint density at radius 1 is 1.10 bits per heavy atom. The molecule has 2 aromatic carbocycles. The Labute approximate surface area is 131 Å². The van der Waals surface area contributed by atoms with Gasteiger partial charge in [-0.15, -0.1) is 0 Å². The number of nitrogens with zero attached hydrogens (tertiary/aromatic N) is 1. The number of hydrogen-bond donors (Lipinski definition) is 1. The molecular weight excluding hydrogens is 276 g/mol. The summed E-state index contributed by atoms with van der Waals surface area (Å²) in [5.41, 5.74) is 3.74. The van der Waals surface area contributed by atoms with Crippen LogP contribution in [0.3, 0.4) is 0 Å². The van der Waals surface area contributed by atoms with Gasteiger partial charge in [0.05, 0.1) is 0 Å². The zero-order chi connectivity index (χ0) is 14.7. The minimum atomic E-state index is 0.587. The van der Waals surface area contributed by atoms with Crippen LogP contribution in [-0.2, 0) is 0 Å². The van der Waals surface area contributed by atoms with Gasteiger partial charge in [-0.25, -0.2) is 0 Å². The summed E-state index contributed by atoms with van der Waals surface area (Å²) in [7, 11) is 0. The molecule has 0 radical (unpaired) electrons. The first-order valence-electron chi connectivity index (χ1n) is 7.40. The van der Waals surface area contributed by atoms with Crippen LogP contribution < -0.4 is 5.32 Å². The Morgan fingerprint density at radius 3 is 2.52 bits per heavy atom. The monoisotopic (exact) mass is 296 g/mol. The van der Waals surface area contributed by atoms with Crippen LogP contribution in [0.4, 0.5) is 5.69 Å². The van der Waals surface area contributed by atoms with Crippen molar-refractivity contribution in [1.82, 2.24) is 4.90 Å². The van der Waals surface area contributed by atoms with Crippen molar-refractivity contribution in [2.24, 2.45) is 0 Å². The molecule has 21 heavy (non-hydrogen) atoms. The maximum absolute atomic E-state index is 5.55. The summed E-state index contributed by atoms with van der Waals surface area (Å²) in [4.78, 5) is 2.27. The topological polar surface area (TPSA) is 15.3 Å². The van der Waals surface area contributed by atoms with Crippen molar-refractivity contribution in [3.05, 3.63) is 65.7 Å². The van der Waals surface area contributed by atoms with Gasteiger partial charge in [0.25, 0.3) is 0 Å². The molecule has 0 spiro atoms. The summed E-state index contributed by atoms with van der Waals surface area (Å²) < 4.78 is 0. The third-order valence-corrected chi connectivity index (χ3v) is 4.41. The van der Waals surface area contributed by atoms with Crippen molar-refractivity contribution in [3.8, 4) is 0 Å². The van der Waals surface area contributed by atoms with Crippen LogP contribution in [0.1, 0.15) is 23.5 Å². The van der Waals surface area contributed by atoms with Gasteiger partial charge in [0.2, 0.25) is 0 Å². The van der Waals surface area contributed by atoms with E-state index in [0.717, 1.165) is 23.9 Å². The second kappa shape index (κ2) is 6.27. The van der Waals surface area contributed by atoms with E-state index in [-0.39, 0.29) is 0 Å². The lowest BCUT2D eigenvalue weighted by Crippen LogP contribution is -2.32. The van der Waals surface area contributed by atoms with E-state index in [9.17, 15) is 0 Å². The Hall–Kier alpha value is -1.87. The summed E-state index contributed by atoms with van der Waals surface area (Å²) in [6.07, 6.45) is 1.17. The fourth-order valence-electron chi connectivity index (χ4n) is 2.78. The number of rotatable bonds is 2. The van der Waals surface area contributed by atoms with Gasteiger partial charge in [-0.2, -0.15) is 0 Å². The van der Waals surface area contributed by atoms with E-state index in [2.05, 4.69) is 71.7 Å². The van der Waals surface area contributed by atoms with Gasteiger partial charge in [0.1, 0.15) is 0 Å². The Kier molecular flexibility index (Phi) is 4.20. The van der Waals surface area contributed by atoms with E-state index in [1.54, 1.807) is 0 Å². The van der Waals surface area contributed by atoms with E-state index in [4.69, 9.17) is 12.2 Å². The van der Waals surface area contributed by atoms with E-state index >= 15 is 0 Å². The van der Waals surface area contributed by atoms with Gasteiger partial charge in [-0.1, -0.05) is 48.0 Å². The highest BCUT2D eigenvalue weighted by Gasteiger charge is 2.25. The molecule has 1 aliphatic heterocycles. The molecular formula is C18H20N2S. The minimum absolute atomic E-state index is 0.587. The predicted octanol–water partition coefficient (Wildman–Crippen LogP) is 4.18. The third kappa shape index (κ3) is 3.42. The van der Waals surface area contributed by atoms with E-state index in [1.165, 1.54) is 17.5 Å². The second-order valence-electron chi connectivity index (χ2n) is 5.64. The molecule has 0 amide bonds. The molecule has 1 N–H and O–H groups in total. The highest BCUT2D eigenvalue weighted by molar-refractivity contribution is 7.80. The van der Waals surface area contributed by atoms with Gasteiger partial charge >= 0.3 is 0 Å². The predicted molar refractivity (Wildman–Crippen MR) is 92.8 cm³/mol. The molecule has 0 aromatic heterocycles. The Balaban J connectivity index is 1.61. The van der Waals surface area contributed by atoms with Crippen LogP contribution in [0.5, 0.6) is 0 Å². The summed E-state index contributed by atoms with van der Waals surface area (Å²) in [5, 5.41) is 4.17. The van der Waals surface area contributed by atoms with Crippen molar-refractivity contribution in [1.29, 1.82) is 0 Å². The highest BCUT2D eigenvalue weighted by atomic mass is 32.1. The Morgan fingerprint density at radius 2 is 1.81 bits per heavy atom. The van der Waals surface area contributed by atoms with Crippen molar-refractivity contribution in [2.45, 2.75) is 19.3 Å². The largest absolute Gasteiger partial charge is 0.348 e. The maximum atomic E-state index is 5.55. The van der Waals surface area contributed by atoms with Crippen LogP contribution in [0.15, 0.2) is 54.6 Å². The van der Waals surface area contributed by atoms with E-state index in [0.29, 0.717) is 5.92 Å². The van der Waals surface area contributed by atoms with Crippen molar-refractivity contribution < 1.29 is 0 Å². The third-order valence-electron chi connectivity index (χ3n) is 4.05. The molecule has 0 saturated carbocycles. The van der Waals surface area contributed by atoms with Gasteiger partial charge in [-0.05, 0) is 43.3 Å². The van der Waals surface area contributed by atoms with Crippen molar-refractivity contribution in [2.75, 3.05) is 18.4 Å². The first-order valence-corrected chi connectivity index (χ1v) is 7.81. The molecule has 3 rings (SSSR count). The van der Waals surface area contributed by atoms with Crippen molar-refractivity contribution in [3.63, 3.8) is 0 Å². The lowest BCUT2D eigenvalue weighted by Gasteiger charge is -2.20. The van der Waals surface area contributed by atoms with Crippen LogP contribution in [-0.4, -0.2) is 23.1 Å². The number of nitrogens with one attached hydrogen (secondary N) is 1. The minimum Gasteiger partial charge on any atom is -0.348 e. The summed E-state index contributed by atoms with van der Waals surface area (Å²) >= 11 is 5.55. The first kappa shape index (κ1) is 14.1. The number of benzene rings is 2. The molecule has 1 saturated heterocycles. The standard InChI is InChI=1S/C18H20N2S/c1-14-7-9-17(10-8-14)19-18(21)20-12-11-16(13-20)15-5-3-2-4-6-15/h2-10,16H,11-13H2,1H3,(H,19,21)/t16-/m1/s1. The lowest BCUT2D eigenvalue weighted by atomic mass is 9.99. The molecule has 108 valence electrons. The van der Waals surface area contributed by atoms with Gasteiger partial charge < -0.3 is 10.2 Å². The molecule has 1 atom stereocenters. The van der Waals surface area contributed by atoms with Crippen LogP contribution in [0.25, 0.3) is 0 Å². The van der Waals surface area contributed by atoms with Gasteiger partial charge in [-0.3, -0.25) is 0 Å². The van der Waals surface area contributed by atoms with Gasteiger partial charge in [0.15, 0.2) is 5.11 Å². The molecule has 0 unspecified atom stereocenters. The van der Waals surface area contributed by atoms with Crippen LogP contribution >= 0.6 is 12.2 Å². The summed E-state index contributed by atoms with van der Waals surface area (Å²) in [6, 6.07) is 19.1. The molecule has 1 fully saturated rings. The second-order valence-corrected chi connectivity index (χ2v) is 6.03. The lowest BCUT2D eigenvalue weighted by molar-refractivity contribution is 0.518. The maximum Gasteiger partial charge on any atom is 0.173 e. The van der Waals surface area contributed by atoms with E-state index in [1.807, 2.05) is 0 Å². The molecule has 1 heterocycles. The van der Waals surface area contributed by atoms with Crippen LogP contribution in [0, 0.1) is 6.92 Å². The number of thiocarbonyl (C=S) groups is 1. The van der Waals surface area contributed by atoms with Crippen LogP contribution in [0.2, 0.25) is 0 Å². The molecule has 2 aromatic rings. The average molecular weight is 296 g/mol. The molecule has 0 bridgehead atoms. The quantitative estimate of drug-likeness (QED) is 0.837. The summed E-state index contributed by atoms with van der Waals surface area (Å²) in [5.74, 6) is 0.587. The molecule has 3 heteroatoms. The zero-order valence-corrected chi connectivity index (χ0v) is 13.1. The fraction of sp³-hybridized carbons (Fsp3) is 0.278. The SMILES string of the molecule is Cc1ccc(NC(=S)N2CC[C@@H](c3ccccc3)C2)cc1. The normalized spacial score (nSPS) is 17.8. The van der Waals surface area contributed by atoms with Crippen molar-refractivity contribution >= 4 is 23.0 Å². The number of aryl methyl sites for hydroxylation is 1. The molecule has 2 nitrogen and oxygen atoms in total. The smallest absolute Gasteiger partial charge is 0.173 e. The first-order chi connectivity index (χ1) is 10.2. The zero-order valence-electron chi connectivity index (χ0n) is 12.3.